The molecular weight excluding hydrogens is 292 g/mol. The molecule has 0 atom stereocenters. The molecule has 1 rings (SSSR count). The Balaban J connectivity index is 2.83. The molecule has 1 aromatic carbocycles. The third-order valence-corrected chi connectivity index (χ3v) is 3.09. The molecule has 0 saturated carbocycles. The van der Waals surface area contributed by atoms with E-state index in [1.807, 2.05) is 40.7 Å². The molecule has 1 N–H and O–H groups in total. The first-order chi connectivity index (χ1) is 10.8. The number of carbonyl (C=O) groups excluding carboxylic acids is 2. The summed E-state index contributed by atoms with van der Waals surface area (Å²) in [6.07, 6.45) is 0. The summed E-state index contributed by atoms with van der Waals surface area (Å²) in [6.45, 7) is 11.6. The predicted molar refractivity (Wildman–Crippen MR) is 92.5 cm³/mol. The molecule has 0 spiro atoms. The second kappa shape index (κ2) is 9.18. The van der Waals surface area contributed by atoms with Gasteiger partial charge < -0.3 is 15.0 Å². The monoisotopic (exact) mass is 320 g/mol. The van der Waals surface area contributed by atoms with Crippen molar-refractivity contribution in [1.82, 2.24) is 4.90 Å². The van der Waals surface area contributed by atoms with Crippen molar-refractivity contribution in [2.45, 2.75) is 34.6 Å². The van der Waals surface area contributed by atoms with E-state index in [9.17, 15) is 9.59 Å². The quantitative estimate of drug-likeness (QED) is 0.785. The summed E-state index contributed by atoms with van der Waals surface area (Å²) in [6, 6.07) is 7.11. The van der Waals surface area contributed by atoms with Gasteiger partial charge in [-0.25, -0.2) is 0 Å². The van der Waals surface area contributed by atoms with E-state index >= 15 is 0 Å². The zero-order valence-electron chi connectivity index (χ0n) is 14.8. The lowest BCUT2D eigenvalue weighted by Gasteiger charge is -2.25. The Kier molecular flexibility index (Phi) is 7.59. The van der Waals surface area contributed by atoms with Gasteiger partial charge in [-0.15, -0.1) is 0 Å². The van der Waals surface area contributed by atoms with E-state index in [1.54, 1.807) is 23.1 Å². The molecule has 0 heterocycles. The molecule has 128 valence electrons. The maximum Gasteiger partial charge on any atom is 0.314 e. The topological polar surface area (TPSA) is 58.6 Å². The zero-order valence-corrected chi connectivity index (χ0v) is 14.8. The van der Waals surface area contributed by atoms with Gasteiger partial charge in [0.05, 0.1) is 12.3 Å². The smallest absolute Gasteiger partial charge is 0.314 e. The van der Waals surface area contributed by atoms with E-state index in [4.69, 9.17) is 4.74 Å². The summed E-state index contributed by atoms with van der Waals surface area (Å²) in [4.78, 5) is 26.4. The molecule has 0 aliphatic heterocycles. The van der Waals surface area contributed by atoms with E-state index in [0.717, 1.165) is 0 Å². The molecule has 0 aromatic heterocycles. The number of nitrogens with one attached hydrogen (secondary N) is 1. The molecule has 2 amide bonds. The van der Waals surface area contributed by atoms with Gasteiger partial charge in [-0.05, 0) is 30.9 Å². The number of para-hydroxylation sites is 2. The van der Waals surface area contributed by atoms with Crippen LogP contribution in [0.1, 0.15) is 34.6 Å². The Labute approximate surface area is 139 Å². The van der Waals surface area contributed by atoms with Crippen molar-refractivity contribution >= 4 is 17.5 Å². The van der Waals surface area contributed by atoms with Crippen LogP contribution < -0.4 is 10.1 Å². The molecular formula is C18H28N2O3. The summed E-state index contributed by atoms with van der Waals surface area (Å²) >= 11 is 0. The Morgan fingerprint density at radius 1 is 1.09 bits per heavy atom. The molecule has 5 nitrogen and oxygen atoms in total. The van der Waals surface area contributed by atoms with Crippen molar-refractivity contribution in [3.8, 4) is 5.75 Å². The molecule has 0 saturated heterocycles. The second-order valence-corrected chi connectivity index (χ2v) is 6.38. The maximum atomic E-state index is 12.5. The van der Waals surface area contributed by atoms with Gasteiger partial charge in [0, 0.05) is 13.1 Å². The number of amides is 2. The van der Waals surface area contributed by atoms with Crippen LogP contribution in [0.15, 0.2) is 24.3 Å². The average Bonchev–Trinajstić information content (AvgIpc) is 2.47. The fraction of sp³-hybridized carbons (Fsp3) is 0.556. The lowest BCUT2D eigenvalue weighted by atomic mass is 10.1. The highest BCUT2D eigenvalue weighted by atomic mass is 16.5. The summed E-state index contributed by atoms with van der Waals surface area (Å²) in [5.74, 6) is 0.0509. The van der Waals surface area contributed by atoms with Crippen molar-refractivity contribution in [3.05, 3.63) is 24.3 Å². The number of anilines is 1. The fourth-order valence-electron chi connectivity index (χ4n) is 2.29. The number of rotatable bonds is 7. The highest BCUT2D eigenvalue weighted by Crippen LogP contribution is 2.23. The minimum atomic E-state index is -0.626. The number of hydrogen-bond acceptors (Lipinski definition) is 3. The third kappa shape index (κ3) is 6.30. The highest BCUT2D eigenvalue weighted by Gasteiger charge is 2.24. The number of ether oxygens (including phenoxy) is 1. The van der Waals surface area contributed by atoms with Gasteiger partial charge >= 0.3 is 11.8 Å². The van der Waals surface area contributed by atoms with E-state index in [2.05, 4.69) is 5.32 Å². The average molecular weight is 320 g/mol. The molecule has 0 fully saturated rings. The van der Waals surface area contributed by atoms with Crippen LogP contribution in [0.2, 0.25) is 0 Å². The van der Waals surface area contributed by atoms with Crippen LogP contribution in [0.3, 0.4) is 0 Å². The molecule has 5 heteroatoms. The lowest BCUT2D eigenvalue weighted by molar-refractivity contribution is -0.143. The lowest BCUT2D eigenvalue weighted by Crippen LogP contribution is -2.43. The fourth-order valence-corrected chi connectivity index (χ4v) is 2.29. The minimum Gasteiger partial charge on any atom is -0.492 e. The van der Waals surface area contributed by atoms with Gasteiger partial charge in [0.1, 0.15) is 5.75 Å². The molecule has 0 bridgehead atoms. The summed E-state index contributed by atoms with van der Waals surface area (Å²) in [5, 5.41) is 2.67. The normalized spacial score (nSPS) is 10.7. The van der Waals surface area contributed by atoms with E-state index in [0.29, 0.717) is 43.0 Å². The zero-order chi connectivity index (χ0) is 17.4. The summed E-state index contributed by atoms with van der Waals surface area (Å²) in [7, 11) is 0. The predicted octanol–water partition coefficient (Wildman–Crippen LogP) is 3.16. The van der Waals surface area contributed by atoms with Crippen molar-refractivity contribution < 1.29 is 14.3 Å². The van der Waals surface area contributed by atoms with Crippen LogP contribution in [0.25, 0.3) is 0 Å². The number of nitrogens with zero attached hydrogens (tertiary/aromatic N) is 1. The number of benzene rings is 1. The first-order valence-electron chi connectivity index (χ1n) is 8.17. The largest absolute Gasteiger partial charge is 0.492 e. The van der Waals surface area contributed by atoms with Crippen LogP contribution in [0.4, 0.5) is 5.69 Å². The Morgan fingerprint density at radius 2 is 1.65 bits per heavy atom. The molecule has 0 aliphatic rings. The molecule has 0 radical (unpaired) electrons. The van der Waals surface area contributed by atoms with Gasteiger partial charge in [0.2, 0.25) is 0 Å². The van der Waals surface area contributed by atoms with Gasteiger partial charge in [0.25, 0.3) is 0 Å². The Bertz CT molecular complexity index is 517. The maximum absolute atomic E-state index is 12.5. The summed E-state index contributed by atoms with van der Waals surface area (Å²) < 4.78 is 5.47. The molecule has 0 unspecified atom stereocenters. The van der Waals surface area contributed by atoms with Crippen LogP contribution in [-0.4, -0.2) is 36.4 Å². The third-order valence-electron chi connectivity index (χ3n) is 3.09. The molecule has 23 heavy (non-hydrogen) atoms. The standard InChI is InChI=1S/C18H28N2O3/c1-6-23-16-10-8-7-9-15(16)19-17(21)18(22)20(11-13(2)3)12-14(4)5/h7-10,13-14H,6,11-12H2,1-5H3,(H,19,21). The number of hydrogen-bond donors (Lipinski definition) is 1. The van der Waals surface area contributed by atoms with E-state index < -0.39 is 11.8 Å². The SMILES string of the molecule is CCOc1ccccc1NC(=O)C(=O)N(CC(C)C)CC(C)C. The van der Waals surface area contributed by atoms with E-state index in [-0.39, 0.29) is 0 Å². The Morgan fingerprint density at radius 3 is 2.17 bits per heavy atom. The van der Waals surface area contributed by atoms with Gasteiger partial charge in [0.15, 0.2) is 0 Å². The van der Waals surface area contributed by atoms with Gasteiger partial charge in [-0.2, -0.15) is 0 Å². The minimum absolute atomic E-state index is 0.307. The van der Waals surface area contributed by atoms with Crippen LogP contribution >= 0.6 is 0 Å². The van der Waals surface area contributed by atoms with Gasteiger partial charge in [-0.1, -0.05) is 39.8 Å². The first-order valence-corrected chi connectivity index (χ1v) is 8.17. The van der Waals surface area contributed by atoms with Crippen LogP contribution in [0, 0.1) is 11.8 Å². The summed E-state index contributed by atoms with van der Waals surface area (Å²) in [5.41, 5.74) is 0.516. The number of carbonyl (C=O) groups is 2. The Hall–Kier alpha value is -2.04. The second-order valence-electron chi connectivity index (χ2n) is 6.38. The van der Waals surface area contributed by atoms with Gasteiger partial charge in [-0.3, -0.25) is 9.59 Å². The molecule has 0 aliphatic carbocycles. The van der Waals surface area contributed by atoms with Crippen molar-refractivity contribution in [2.24, 2.45) is 11.8 Å². The molecule has 1 aromatic rings. The van der Waals surface area contributed by atoms with E-state index in [1.165, 1.54) is 0 Å². The van der Waals surface area contributed by atoms with Crippen molar-refractivity contribution in [1.29, 1.82) is 0 Å². The first kappa shape index (κ1) is 19.0. The van der Waals surface area contributed by atoms with Crippen molar-refractivity contribution in [3.63, 3.8) is 0 Å². The highest BCUT2D eigenvalue weighted by molar-refractivity contribution is 6.39. The van der Waals surface area contributed by atoms with Crippen LogP contribution in [-0.2, 0) is 9.59 Å². The van der Waals surface area contributed by atoms with Crippen LogP contribution in [0.5, 0.6) is 5.75 Å². The van der Waals surface area contributed by atoms with Crippen molar-refractivity contribution in [2.75, 3.05) is 25.0 Å².